The zero-order chi connectivity index (χ0) is 26.5. The first kappa shape index (κ1) is 28.6. The van der Waals surface area contributed by atoms with Crippen molar-refractivity contribution in [3.63, 3.8) is 0 Å². The highest BCUT2D eigenvalue weighted by Gasteiger charge is 2.14. The lowest BCUT2D eigenvalue weighted by molar-refractivity contribution is -0.139. The fraction of sp³-hybridized carbons (Fsp3) is 0.485. The van der Waals surface area contributed by atoms with Crippen molar-refractivity contribution in [2.24, 2.45) is 0 Å². The molecule has 0 spiro atoms. The highest BCUT2D eigenvalue weighted by molar-refractivity contribution is 5.88. The number of aromatic nitrogens is 1. The van der Waals surface area contributed by atoms with Crippen LogP contribution in [0.1, 0.15) is 91.0 Å². The van der Waals surface area contributed by atoms with E-state index in [2.05, 4.69) is 79.6 Å². The molecule has 200 valence electrons. The maximum Gasteiger partial charge on any atom is 0.333 e. The van der Waals surface area contributed by atoms with Crippen LogP contribution >= 0.6 is 0 Å². The molecule has 1 heterocycles. The smallest absolute Gasteiger partial charge is 0.333 e. The summed E-state index contributed by atoms with van der Waals surface area (Å²) in [6.07, 6.45) is 12.0. The highest BCUT2D eigenvalue weighted by Crippen LogP contribution is 2.33. The molecule has 0 saturated heterocycles. The van der Waals surface area contributed by atoms with Crippen LogP contribution < -0.4 is 4.74 Å². The van der Waals surface area contributed by atoms with E-state index in [1.807, 2.05) is 0 Å². The molecule has 3 rings (SSSR count). The van der Waals surface area contributed by atoms with Gasteiger partial charge in [-0.05, 0) is 57.4 Å². The van der Waals surface area contributed by atoms with E-state index in [1.165, 1.54) is 67.1 Å². The second-order valence-electron chi connectivity index (χ2n) is 10.4. The first-order valence-electron chi connectivity index (χ1n) is 14.1. The largest absolute Gasteiger partial charge is 0.494 e. The molecule has 0 aliphatic rings. The molecule has 2 aromatic carbocycles. The van der Waals surface area contributed by atoms with E-state index < -0.39 is 0 Å². The average molecular weight is 504 g/mol. The number of fused-ring (bicyclic) bond motifs is 1. The second-order valence-corrected chi connectivity index (χ2v) is 10.4. The molecular formula is C33H45NO3. The summed E-state index contributed by atoms with van der Waals surface area (Å²) >= 11 is 0. The molecule has 0 bridgehead atoms. The van der Waals surface area contributed by atoms with E-state index in [0.717, 1.165) is 31.6 Å². The number of carbonyl (C=O) groups excluding carboxylic acids is 1. The molecule has 0 amide bonds. The average Bonchev–Trinajstić information content (AvgIpc) is 3.28. The summed E-state index contributed by atoms with van der Waals surface area (Å²) in [6, 6.07) is 19.8. The van der Waals surface area contributed by atoms with Crippen LogP contribution in [0.2, 0.25) is 0 Å². The van der Waals surface area contributed by atoms with Gasteiger partial charge in [-0.1, -0.05) is 88.3 Å². The Morgan fingerprint density at radius 3 is 2.00 bits per heavy atom. The van der Waals surface area contributed by atoms with Gasteiger partial charge in [0.1, 0.15) is 5.75 Å². The Hall–Kier alpha value is -3.01. The number of ether oxygens (including phenoxy) is 2. The van der Waals surface area contributed by atoms with Crippen molar-refractivity contribution < 1.29 is 14.3 Å². The van der Waals surface area contributed by atoms with Gasteiger partial charge in [0.05, 0.1) is 18.7 Å². The molecule has 4 nitrogen and oxygen atoms in total. The van der Waals surface area contributed by atoms with Crippen LogP contribution in [0.15, 0.2) is 66.7 Å². The summed E-state index contributed by atoms with van der Waals surface area (Å²) in [5.74, 6) is 0.687. The summed E-state index contributed by atoms with van der Waals surface area (Å²) in [6.45, 7) is 11.0. The van der Waals surface area contributed by atoms with Gasteiger partial charge in [-0.3, -0.25) is 0 Å². The molecule has 4 heteroatoms. The predicted molar refractivity (Wildman–Crippen MR) is 155 cm³/mol. The summed E-state index contributed by atoms with van der Waals surface area (Å²) in [4.78, 5) is 11.3. The zero-order valence-corrected chi connectivity index (χ0v) is 23.1. The Bertz CT molecular complexity index is 1110. The quantitative estimate of drug-likeness (QED) is 0.105. The van der Waals surface area contributed by atoms with Gasteiger partial charge in [-0.15, -0.1) is 0 Å². The highest BCUT2D eigenvalue weighted by atomic mass is 16.5. The molecule has 0 aliphatic heterocycles. The third-order valence-corrected chi connectivity index (χ3v) is 6.79. The Kier molecular flexibility index (Phi) is 11.8. The number of benzene rings is 2. The number of hydrogen-bond donors (Lipinski definition) is 0. The van der Waals surface area contributed by atoms with E-state index in [-0.39, 0.29) is 5.97 Å². The zero-order valence-electron chi connectivity index (χ0n) is 23.1. The van der Waals surface area contributed by atoms with Gasteiger partial charge in [-0.25, -0.2) is 4.79 Å². The number of unbranched alkanes of at least 4 members (excludes halogenated alkanes) is 9. The number of esters is 1. The monoisotopic (exact) mass is 503 g/mol. The minimum absolute atomic E-state index is 0.273. The van der Waals surface area contributed by atoms with Gasteiger partial charge < -0.3 is 14.0 Å². The maximum absolute atomic E-state index is 11.3. The molecule has 37 heavy (non-hydrogen) atoms. The Labute approximate surface area is 223 Å². The molecule has 0 radical (unpaired) electrons. The normalized spacial score (nSPS) is 11.2. The number of nitrogens with zero attached hydrogens (tertiary/aromatic N) is 1. The van der Waals surface area contributed by atoms with Crippen LogP contribution in [-0.2, 0) is 9.53 Å². The SMILES string of the molecule is C=C(C)C(=O)OCCCCCCCCCCCCOc1ccc2cc(-c3ccccc3)n(C(C)C)c2c1. The van der Waals surface area contributed by atoms with Gasteiger partial charge >= 0.3 is 5.97 Å². The van der Waals surface area contributed by atoms with E-state index in [1.54, 1.807) is 6.92 Å². The fourth-order valence-corrected chi connectivity index (χ4v) is 4.77. The number of hydrogen-bond acceptors (Lipinski definition) is 3. The van der Waals surface area contributed by atoms with Crippen LogP contribution in [-0.4, -0.2) is 23.8 Å². The van der Waals surface area contributed by atoms with E-state index >= 15 is 0 Å². The lowest BCUT2D eigenvalue weighted by atomic mass is 10.1. The number of carbonyl (C=O) groups is 1. The second kappa shape index (κ2) is 15.3. The minimum Gasteiger partial charge on any atom is -0.494 e. The topological polar surface area (TPSA) is 40.5 Å². The Balaban J connectivity index is 1.29. The Morgan fingerprint density at radius 1 is 0.811 bits per heavy atom. The van der Waals surface area contributed by atoms with Crippen LogP contribution in [0, 0.1) is 0 Å². The van der Waals surface area contributed by atoms with Crippen LogP contribution in [0.5, 0.6) is 5.75 Å². The van der Waals surface area contributed by atoms with Crippen molar-refractivity contribution in [2.75, 3.05) is 13.2 Å². The number of rotatable bonds is 17. The molecule has 0 N–H and O–H groups in total. The predicted octanol–water partition coefficient (Wildman–Crippen LogP) is 9.29. The summed E-state index contributed by atoms with van der Waals surface area (Å²) < 4.78 is 13.7. The van der Waals surface area contributed by atoms with Gasteiger partial charge in [0.25, 0.3) is 0 Å². The standard InChI is InChI=1S/C33H45NO3/c1-26(2)33(35)37-23-17-12-10-8-6-5-7-9-11-16-22-36-30-21-20-29-24-31(28-18-14-13-15-19-28)34(27(3)4)32(29)25-30/h13-15,18-21,24-25,27H,1,5-12,16-17,22-23H2,2-4H3. The van der Waals surface area contributed by atoms with Gasteiger partial charge in [0.15, 0.2) is 0 Å². The third kappa shape index (κ3) is 9.10. The lowest BCUT2D eigenvalue weighted by Gasteiger charge is -2.15. The molecule has 3 aromatic rings. The van der Waals surface area contributed by atoms with E-state index in [9.17, 15) is 4.79 Å². The van der Waals surface area contributed by atoms with Gasteiger partial charge in [0.2, 0.25) is 0 Å². The van der Waals surface area contributed by atoms with Crippen LogP contribution in [0.25, 0.3) is 22.2 Å². The van der Waals surface area contributed by atoms with Crippen molar-refractivity contribution in [3.05, 3.63) is 66.7 Å². The van der Waals surface area contributed by atoms with Crippen LogP contribution in [0.4, 0.5) is 0 Å². The van der Waals surface area contributed by atoms with Crippen molar-refractivity contribution in [1.82, 2.24) is 4.57 Å². The minimum atomic E-state index is -0.273. The molecule has 0 saturated carbocycles. The molecule has 0 unspecified atom stereocenters. The summed E-state index contributed by atoms with van der Waals surface area (Å²) in [5, 5.41) is 1.26. The Morgan fingerprint density at radius 2 is 1.41 bits per heavy atom. The lowest BCUT2D eigenvalue weighted by Crippen LogP contribution is -2.05. The first-order chi connectivity index (χ1) is 18.0. The summed E-state index contributed by atoms with van der Waals surface area (Å²) in [7, 11) is 0. The first-order valence-corrected chi connectivity index (χ1v) is 14.1. The van der Waals surface area contributed by atoms with E-state index in [0.29, 0.717) is 18.2 Å². The molecule has 0 fully saturated rings. The van der Waals surface area contributed by atoms with E-state index in [4.69, 9.17) is 9.47 Å². The van der Waals surface area contributed by atoms with Crippen molar-refractivity contribution in [3.8, 4) is 17.0 Å². The van der Waals surface area contributed by atoms with Crippen molar-refractivity contribution in [1.29, 1.82) is 0 Å². The van der Waals surface area contributed by atoms with Gasteiger partial charge in [-0.2, -0.15) is 0 Å². The fourth-order valence-electron chi connectivity index (χ4n) is 4.77. The third-order valence-electron chi connectivity index (χ3n) is 6.79. The molecule has 1 aromatic heterocycles. The van der Waals surface area contributed by atoms with Crippen molar-refractivity contribution in [2.45, 2.75) is 91.0 Å². The molecule has 0 atom stereocenters. The van der Waals surface area contributed by atoms with Crippen LogP contribution in [0.3, 0.4) is 0 Å². The molecule has 0 aliphatic carbocycles. The van der Waals surface area contributed by atoms with Gasteiger partial charge in [0, 0.05) is 28.8 Å². The van der Waals surface area contributed by atoms with Crippen molar-refractivity contribution >= 4 is 16.9 Å². The maximum atomic E-state index is 11.3. The summed E-state index contributed by atoms with van der Waals surface area (Å²) in [5.41, 5.74) is 4.21. The molecular weight excluding hydrogens is 458 g/mol.